The normalized spacial score (nSPS) is 35.3. The predicted molar refractivity (Wildman–Crippen MR) is 69.1 cm³/mol. The number of likely N-dealkylation sites (tertiary alicyclic amines) is 1. The van der Waals surface area contributed by atoms with Gasteiger partial charge in [-0.2, -0.15) is 0 Å². The van der Waals surface area contributed by atoms with Gasteiger partial charge in [-0.15, -0.1) is 0 Å². The second-order valence-electron chi connectivity index (χ2n) is 5.55. The van der Waals surface area contributed by atoms with Crippen molar-refractivity contribution in [1.82, 2.24) is 4.90 Å². The molecular formula is C14H27NO2. The number of unbranched alkanes of at least 4 members (excludes halogenated alkanes) is 1. The van der Waals surface area contributed by atoms with Crippen molar-refractivity contribution in [3.63, 3.8) is 0 Å². The Bertz CT molecular complexity index is 222. The van der Waals surface area contributed by atoms with Crippen LogP contribution in [0.5, 0.6) is 0 Å². The fourth-order valence-electron chi connectivity index (χ4n) is 3.10. The van der Waals surface area contributed by atoms with Crippen LogP contribution in [0.25, 0.3) is 0 Å². The molecule has 1 saturated carbocycles. The number of hydrogen-bond acceptors (Lipinski definition) is 3. The highest BCUT2D eigenvalue weighted by molar-refractivity contribution is 4.88. The van der Waals surface area contributed by atoms with E-state index in [9.17, 15) is 5.11 Å². The molecule has 17 heavy (non-hydrogen) atoms. The zero-order chi connectivity index (χ0) is 12.1. The maximum absolute atomic E-state index is 10.0. The minimum absolute atomic E-state index is 0.0989. The molecule has 100 valence electrons. The third-order valence-corrected chi connectivity index (χ3v) is 4.19. The number of hydrogen-bond donors (Lipinski definition) is 1. The van der Waals surface area contributed by atoms with Crippen LogP contribution in [0.15, 0.2) is 0 Å². The average Bonchev–Trinajstić information content (AvgIpc) is 2.79. The molecular weight excluding hydrogens is 214 g/mol. The van der Waals surface area contributed by atoms with E-state index in [-0.39, 0.29) is 6.10 Å². The lowest BCUT2D eigenvalue weighted by atomic mass is 9.91. The number of nitrogens with zero attached hydrogens (tertiary/aromatic N) is 1. The summed E-state index contributed by atoms with van der Waals surface area (Å²) < 4.78 is 5.88. The summed E-state index contributed by atoms with van der Waals surface area (Å²) in [6, 6.07) is 0.406. The number of rotatable bonds is 5. The highest BCUT2D eigenvalue weighted by atomic mass is 16.5. The van der Waals surface area contributed by atoms with Gasteiger partial charge in [-0.3, -0.25) is 4.90 Å². The van der Waals surface area contributed by atoms with Gasteiger partial charge in [0.05, 0.1) is 12.2 Å². The lowest BCUT2D eigenvalue weighted by Crippen LogP contribution is -2.44. The van der Waals surface area contributed by atoms with E-state index in [4.69, 9.17) is 4.74 Å². The molecule has 3 heteroatoms. The Hall–Kier alpha value is -0.120. The van der Waals surface area contributed by atoms with Crippen LogP contribution in [0.2, 0.25) is 0 Å². The Morgan fingerprint density at radius 1 is 1.24 bits per heavy atom. The summed E-state index contributed by atoms with van der Waals surface area (Å²) in [5.74, 6) is 0. The molecule has 1 saturated heterocycles. The smallest absolute Gasteiger partial charge is 0.0714 e. The van der Waals surface area contributed by atoms with E-state index < -0.39 is 0 Å². The second kappa shape index (κ2) is 6.72. The van der Waals surface area contributed by atoms with Crippen LogP contribution in [0.3, 0.4) is 0 Å². The minimum atomic E-state index is -0.0989. The first-order valence-corrected chi connectivity index (χ1v) is 7.35. The lowest BCUT2D eigenvalue weighted by molar-refractivity contribution is 0.0131. The van der Waals surface area contributed by atoms with E-state index in [0.29, 0.717) is 12.1 Å². The maximum atomic E-state index is 10.0. The summed E-state index contributed by atoms with van der Waals surface area (Å²) in [6.45, 7) is 5.24. The van der Waals surface area contributed by atoms with E-state index in [0.717, 1.165) is 32.5 Å². The first-order valence-electron chi connectivity index (χ1n) is 7.35. The topological polar surface area (TPSA) is 32.7 Å². The Labute approximate surface area is 105 Å². The molecule has 1 aliphatic carbocycles. The molecule has 0 radical (unpaired) electrons. The van der Waals surface area contributed by atoms with E-state index in [2.05, 4.69) is 11.8 Å². The molecule has 0 amide bonds. The monoisotopic (exact) mass is 241 g/mol. The fraction of sp³-hybridized carbons (Fsp3) is 1.00. The van der Waals surface area contributed by atoms with Crippen molar-refractivity contribution in [2.45, 2.75) is 70.1 Å². The number of ether oxygens (including phenoxy) is 1. The molecule has 0 bridgehead atoms. The summed E-state index contributed by atoms with van der Waals surface area (Å²) in [7, 11) is 0. The molecule has 1 aliphatic heterocycles. The molecule has 3 nitrogen and oxygen atoms in total. The van der Waals surface area contributed by atoms with Crippen LogP contribution in [-0.2, 0) is 4.74 Å². The highest BCUT2D eigenvalue weighted by Crippen LogP contribution is 2.26. The van der Waals surface area contributed by atoms with Gasteiger partial charge >= 0.3 is 0 Å². The third kappa shape index (κ3) is 3.67. The van der Waals surface area contributed by atoms with Crippen molar-refractivity contribution in [3.05, 3.63) is 0 Å². The Kier molecular flexibility index (Phi) is 5.26. The van der Waals surface area contributed by atoms with Gasteiger partial charge in [0.15, 0.2) is 0 Å². The summed E-state index contributed by atoms with van der Waals surface area (Å²) >= 11 is 0. The Balaban J connectivity index is 1.72. The molecule has 3 atom stereocenters. The van der Waals surface area contributed by atoms with Crippen molar-refractivity contribution < 1.29 is 9.84 Å². The molecule has 0 unspecified atom stereocenters. The van der Waals surface area contributed by atoms with E-state index in [1.165, 1.54) is 32.1 Å². The molecule has 2 fully saturated rings. The molecule has 1 heterocycles. The Morgan fingerprint density at radius 3 is 2.82 bits per heavy atom. The summed E-state index contributed by atoms with van der Waals surface area (Å²) in [5.41, 5.74) is 0. The van der Waals surface area contributed by atoms with E-state index in [1.807, 2.05) is 0 Å². The third-order valence-electron chi connectivity index (χ3n) is 4.19. The van der Waals surface area contributed by atoms with Gasteiger partial charge < -0.3 is 9.84 Å². The largest absolute Gasteiger partial charge is 0.391 e. The van der Waals surface area contributed by atoms with Crippen LogP contribution < -0.4 is 0 Å². The van der Waals surface area contributed by atoms with Crippen molar-refractivity contribution in [1.29, 1.82) is 0 Å². The number of aliphatic hydroxyl groups is 1. The molecule has 2 rings (SSSR count). The zero-order valence-electron chi connectivity index (χ0n) is 11.1. The van der Waals surface area contributed by atoms with Crippen molar-refractivity contribution in [3.8, 4) is 0 Å². The number of aliphatic hydroxyl groups excluding tert-OH is 1. The van der Waals surface area contributed by atoms with Crippen LogP contribution in [0.1, 0.15) is 51.9 Å². The maximum Gasteiger partial charge on any atom is 0.0714 e. The van der Waals surface area contributed by atoms with Crippen LogP contribution in [0, 0.1) is 0 Å². The van der Waals surface area contributed by atoms with Gasteiger partial charge in [0.2, 0.25) is 0 Å². The molecule has 2 aliphatic rings. The first kappa shape index (κ1) is 13.3. The van der Waals surface area contributed by atoms with Crippen molar-refractivity contribution in [2.24, 2.45) is 0 Å². The standard InChI is InChI=1S/C14H27NO2/c1-2-3-10-17-12-8-9-15(11-12)13-6-4-5-7-14(13)16/h12-14,16H,2-11H2,1H3/t12-,13+,14-/m1/s1. The van der Waals surface area contributed by atoms with Gasteiger partial charge in [-0.1, -0.05) is 26.2 Å². The summed E-state index contributed by atoms with van der Waals surface area (Å²) in [4.78, 5) is 2.46. The molecule has 0 aromatic carbocycles. The van der Waals surface area contributed by atoms with Crippen LogP contribution in [0.4, 0.5) is 0 Å². The SMILES string of the molecule is CCCCO[C@@H]1CCN([C@H]2CCCC[C@H]2O)C1. The summed E-state index contributed by atoms with van der Waals surface area (Å²) in [5, 5.41) is 10.0. The van der Waals surface area contributed by atoms with Gasteiger partial charge in [0, 0.05) is 25.7 Å². The lowest BCUT2D eigenvalue weighted by Gasteiger charge is -2.35. The first-order chi connectivity index (χ1) is 8.31. The van der Waals surface area contributed by atoms with Crippen molar-refractivity contribution >= 4 is 0 Å². The van der Waals surface area contributed by atoms with Gasteiger partial charge in [-0.05, 0) is 25.7 Å². The van der Waals surface area contributed by atoms with Crippen LogP contribution >= 0.6 is 0 Å². The van der Waals surface area contributed by atoms with Crippen molar-refractivity contribution in [2.75, 3.05) is 19.7 Å². The summed E-state index contributed by atoms with van der Waals surface area (Å²) in [6.07, 6.45) is 8.47. The molecule has 1 N–H and O–H groups in total. The zero-order valence-corrected chi connectivity index (χ0v) is 11.1. The second-order valence-corrected chi connectivity index (χ2v) is 5.55. The highest BCUT2D eigenvalue weighted by Gasteiger charge is 2.33. The molecule has 0 aromatic heterocycles. The minimum Gasteiger partial charge on any atom is -0.391 e. The average molecular weight is 241 g/mol. The predicted octanol–water partition coefficient (Wildman–Crippen LogP) is 2.18. The van der Waals surface area contributed by atoms with Gasteiger partial charge in [0.1, 0.15) is 0 Å². The van der Waals surface area contributed by atoms with E-state index in [1.54, 1.807) is 0 Å². The van der Waals surface area contributed by atoms with Gasteiger partial charge in [-0.25, -0.2) is 0 Å². The fourth-order valence-corrected chi connectivity index (χ4v) is 3.10. The molecule has 0 spiro atoms. The van der Waals surface area contributed by atoms with Gasteiger partial charge in [0.25, 0.3) is 0 Å². The molecule has 0 aromatic rings. The van der Waals surface area contributed by atoms with Crippen LogP contribution in [-0.4, -0.2) is 48.0 Å². The quantitative estimate of drug-likeness (QED) is 0.749. The van der Waals surface area contributed by atoms with E-state index >= 15 is 0 Å². The Morgan fingerprint density at radius 2 is 2.06 bits per heavy atom.